The topological polar surface area (TPSA) is 93.7 Å². The lowest BCUT2D eigenvalue weighted by Gasteiger charge is -2.07. The average molecular weight is 439 g/mol. The maximum atomic E-state index is 12.8. The Balaban J connectivity index is 1.80. The van der Waals surface area contributed by atoms with Gasteiger partial charge in [0.25, 0.3) is 11.8 Å². The van der Waals surface area contributed by atoms with E-state index >= 15 is 0 Å². The highest BCUT2D eigenvalue weighted by molar-refractivity contribution is 7.18. The maximum absolute atomic E-state index is 12.8. The monoisotopic (exact) mass is 438 g/mol. The number of anilines is 2. The molecule has 0 saturated heterocycles. The highest BCUT2D eigenvalue weighted by Gasteiger charge is 2.26. The van der Waals surface area contributed by atoms with E-state index < -0.39 is 11.9 Å². The lowest BCUT2D eigenvalue weighted by Crippen LogP contribution is -2.21. The predicted molar refractivity (Wildman–Crippen MR) is 120 cm³/mol. The molecule has 0 atom stereocenters. The van der Waals surface area contributed by atoms with Crippen LogP contribution in [0, 0.1) is 13.8 Å². The first kappa shape index (κ1) is 22.0. The molecule has 0 spiro atoms. The van der Waals surface area contributed by atoms with E-state index in [9.17, 15) is 14.4 Å². The van der Waals surface area contributed by atoms with Gasteiger partial charge in [-0.1, -0.05) is 30.3 Å². The first-order valence-corrected chi connectivity index (χ1v) is 10.3. The van der Waals surface area contributed by atoms with Crippen molar-refractivity contribution in [1.29, 1.82) is 0 Å². The Morgan fingerprint density at radius 2 is 1.71 bits per heavy atom. The number of nitrogens with one attached hydrogen (secondary N) is 2. The highest BCUT2D eigenvalue weighted by Crippen LogP contribution is 2.34. The first-order chi connectivity index (χ1) is 14.9. The molecule has 0 aliphatic rings. The van der Waals surface area contributed by atoms with Crippen molar-refractivity contribution in [3.63, 3.8) is 0 Å². The van der Waals surface area contributed by atoms with Crippen molar-refractivity contribution < 1.29 is 23.9 Å². The molecule has 7 nitrogen and oxygen atoms in total. The van der Waals surface area contributed by atoms with Gasteiger partial charge in [0.15, 0.2) is 6.61 Å². The number of methoxy groups -OCH3 is 1. The van der Waals surface area contributed by atoms with Crippen LogP contribution in [-0.4, -0.2) is 31.5 Å². The van der Waals surface area contributed by atoms with Crippen LogP contribution in [0.4, 0.5) is 10.7 Å². The van der Waals surface area contributed by atoms with Gasteiger partial charge in [0.2, 0.25) is 0 Å². The molecule has 160 valence electrons. The SMILES string of the molecule is COC(=O)c1c(NC(=O)COc2ccccc2)sc(C(=O)Nc2cccc(C)c2)c1C. The molecule has 3 aromatic rings. The minimum Gasteiger partial charge on any atom is -0.484 e. The molecule has 1 aromatic heterocycles. The number of hydrogen-bond donors (Lipinski definition) is 2. The van der Waals surface area contributed by atoms with Crippen molar-refractivity contribution >= 4 is 39.8 Å². The zero-order valence-electron chi connectivity index (χ0n) is 17.4. The van der Waals surface area contributed by atoms with Crippen molar-refractivity contribution in [3.8, 4) is 5.75 Å². The average Bonchev–Trinajstić information content (AvgIpc) is 3.08. The molecule has 0 bridgehead atoms. The Morgan fingerprint density at radius 1 is 0.968 bits per heavy atom. The van der Waals surface area contributed by atoms with E-state index in [2.05, 4.69) is 10.6 Å². The fourth-order valence-corrected chi connectivity index (χ4v) is 4.01. The number of para-hydroxylation sites is 1. The smallest absolute Gasteiger partial charge is 0.341 e. The quantitative estimate of drug-likeness (QED) is 0.533. The summed E-state index contributed by atoms with van der Waals surface area (Å²) in [5.74, 6) is -0.922. The standard InChI is InChI=1S/C23H22N2O5S/c1-14-8-7-9-16(12-14)24-21(27)20-15(2)19(23(28)29-3)22(31-20)25-18(26)13-30-17-10-5-4-6-11-17/h4-12H,13H2,1-3H3,(H,24,27)(H,25,26). The molecule has 31 heavy (non-hydrogen) atoms. The number of hydrogen-bond acceptors (Lipinski definition) is 6. The maximum Gasteiger partial charge on any atom is 0.341 e. The number of carbonyl (C=O) groups is 3. The van der Waals surface area contributed by atoms with Crippen molar-refractivity contribution in [2.75, 3.05) is 24.4 Å². The number of benzene rings is 2. The second kappa shape index (κ2) is 9.90. The van der Waals surface area contributed by atoms with Gasteiger partial charge in [-0.25, -0.2) is 4.79 Å². The highest BCUT2D eigenvalue weighted by atomic mass is 32.1. The van der Waals surface area contributed by atoms with Crippen molar-refractivity contribution in [2.24, 2.45) is 0 Å². The Morgan fingerprint density at radius 3 is 2.39 bits per heavy atom. The largest absolute Gasteiger partial charge is 0.484 e. The minimum absolute atomic E-state index is 0.148. The fourth-order valence-electron chi connectivity index (χ4n) is 2.90. The third kappa shape index (κ3) is 5.49. The van der Waals surface area contributed by atoms with E-state index in [1.165, 1.54) is 7.11 Å². The number of amides is 2. The summed E-state index contributed by atoms with van der Waals surface area (Å²) in [6.45, 7) is 3.32. The van der Waals surface area contributed by atoms with Crippen LogP contribution < -0.4 is 15.4 Å². The minimum atomic E-state index is -0.636. The number of thiophene rings is 1. The molecule has 0 saturated carbocycles. The molecule has 0 radical (unpaired) electrons. The number of esters is 1. The van der Waals surface area contributed by atoms with E-state index in [0.717, 1.165) is 16.9 Å². The van der Waals surface area contributed by atoms with Crippen molar-refractivity contribution in [2.45, 2.75) is 13.8 Å². The van der Waals surface area contributed by atoms with Gasteiger partial charge in [0.05, 0.1) is 17.6 Å². The second-order valence-corrected chi connectivity index (χ2v) is 7.75. The molecule has 0 aliphatic heterocycles. The summed E-state index contributed by atoms with van der Waals surface area (Å²) in [4.78, 5) is 37.8. The fraction of sp³-hybridized carbons (Fsp3) is 0.174. The molecular formula is C23H22N2O5S. The Kier molecular flexibility index (Phi) is 7.04. The molecule has 1 heterocycles. The van der Waals surface area contributed by atoms with Crippen LogP contribution >= 0.6 is 11.3 Å². The van der Waals surface area contributed by atoms with Crippen molar-refractivity contribution in [1.82, 2.24) is 0 Å². The van der Waals surface area contributed by atoms with Crippen LogP contribution in [-0.2, 0) is 9.53 Å². The molecule has 0 aliphatic carbocycles. The lowest BCUT2D eigenvalue weighted by molar-refractivity contribution is -0.118. The van der Waals surface area contributed by atoms with Crippen LogP contribution in [0.1, 0.15) is 31.2 Å². The summed E-state index contributed by atoms with van der Waals surface area (Å²) in [6, 6.07) is 16.3. The zero-order valence-corrected chi connectivity index (χ0v) is 18.2. The molecule has 2 aromatic carbocycles. The summed E-state index contributed by atoms with van der Waals surface area (Å²) in [6.07, 6.45) is 0. The van der Waals surface area contributed by atoms with E-state index in [0.29, 0.717) is 21.9 Å². The van der Waals surface area contributed by atoms with Crippen molar-refractivity contribution in [3.05, 3.63) is 76.2 Å². The van der Waals surface area contributed by atoms with Gasteiger partial charge in [-0.2, -0.15) is 0 Å². The van der Waals surface area contributed by atoms with Crippen LogP contribution in [0.25, 0.3) is 0 Å². The number of rotatable bonds is 7. The van der Waals surface area contributed by atoms with Gasteiger partial charge in [0.1, 0.15) is 10.8 Å². The van der Waals surface area contributed by atoms with Crippen LogP contribution in [0.3, 0.4) is 0 Å². The third-order valence-electron chi connectivity index (χ3n) is 4.38. The number of aryl methyl sites for hydroxylation is 1. The van der Waals surface area contributed by atoms with E-state index in [1.54, 1.807) is 37.3 Å². The second-order valence-electron chi connectivity index (χ2n) is 6.73. The summed E-state index contributed by atoms with van der Waals surface area (Å²) >= 11 is 1.01. The van der Waals surface area contributed by atoms with Gasteiger partial charge in [-0.05, 0) is 49.2 Å². The van der Waals surface area contributed by atoms with Crippen LogP contribution in [0.2, 0.25) is 0 Å². The van der Waals surface area contributed by atoms with Crippen LogP contribution in [0.15, 0.2) is 54.6 Å². The van der Waals surface area contributed by atoms with Gasteiger partial charge < -0.3 is 20.1 Å². The predicted octanol–water partition coefficient (Wildman–Crippen LogP) is 4.42. The molecule has 8 heteroatoms. The molecule has 2 amide bonds. The van der Waals surface area contributed by atoms with Gasteiger partial charge in [-0.3, -0.25) is 9.59 Å². The van der Waals surface area contributed by atoms with Gasteiger partial charge >= 0.3 is 5.97 Å². The Labute approximate surface area is 184 Å². The van der Waals surface area contributed by atoms with E-state index in [1.807, 2.05) is 31.2 Å². The molecular weight excluding hydrogens is 416 g/mol. The Bertz CT molecular complexity index is 1110. The summed E-state index contributed by atoms with van der Waals surface area (Å²) in [5.41, 5.74) is 2.22. The lowest BCUT2D eigenvalue weighted by atomic mass is 10.1. The van der Waals surface area contributed by atoms with E-state index in [4.69, 9.17) is 9.47 Å². The van der Waals surface area contributed by atoms with E-state index in [-0.39, 0.29) is 23.1 Å². The van der Waals surface area contributed by atoms with Gasteiger partial charge in [-0.15, -0.1) is 11.3 Å². The summed E-state index contributed by atoms with van der Waals surface area (Å²) < 4.78 is 10.3. The summed E-state index contributed by atoms with van der Waals surface area (Å²) in [7, 11) is 1.25. The molecule has 2 N–H and O–H groups in total. The Hall–Kier alpha value is -3.65. The molecule has 0 fully saturated rings. The first-order valence-electron chi connectivity index (χ1n) is 9.46. The summed E-state index contributed by atoms with van der Waals surface area (Å²) in [5, 5.41) is 5.71. The third-order valence-corrected chi connectivity index (χ3v) is 5.59. The van der Waals surface area contributed by atoms with Gasteiger partial charge in [0, 0.05) is 5.69 Å². The molecule has 0 unspecified atom stereocenters. The molecule has 3 rings (SSSR count). The van der Waals surface area contributed by atoms with Crippen LogP contribution in [0.5, 0.6) is 5.75 Å². The number of carbonyl (C=O) groups excluding carboxylic acids is 3. The normalized spacial score (nSPS) is 10.3. The number of ether oxygens (including phenoxy) is 2. The zero-order chi connectivity index (χ0) is 22.4.